The molecule has 0 heterocycles. The van der Waals surface area contributed by atoms with E-state index in [0.29, 0.717) is 0 Å². The molecule has 0 fully saturated rings. The van der Waals surface area contributed by atoms with Crippen molar-refractivity contribution in [2.45, 2.75) is 12.8 Å². The number of rotatable bonds is 5. The Bertz CT molecular complexity index is 573. The first kappa shape index (κ1) is 14.2. The second-order valence-electron chi connectivity index (χ2n) is 4.67. The molecule has 0 saturated heterocycles. The average molecular weight is 268 g/mol. The minimum Gasteiger partial charge on any atom is -0.497 e. The molecule has 0 radical (unpaired) electrons. The van der Waals surface area contributed by atoms with Crippen LogP contribution in [-0.4, -0.2) is 14.2 Å². The van der Waals surface area contributed by atoms with Crippen molar-refractivity contribution in [3.63, 3.8) is 0 Å². The van der Waals surface area contributed by atoms with E-state index in [9.17, 15) is 0 Å². The Morgan fingerprint density at radius 1 is 0.950 bits per heavy atom. The van der Waals surface area contributed by atoms with Crippen LogP contribution < -0.4 is 9.47 Å². The lowest BCUT2D eigenvalue weighted by molar-refractivity contribution is 0.390. The lowest BCUT2D eigenvalue weighted by Crippen LogP contribution is -1.96. The number of hydrogen-bond acceptors (Lipinski definition) is 2. The lowest BCUT2D eigenvalue weighted by Gasteiger charge is -2.13. The van der Waals surface area contributed by atoms with E-state index in [1.165, 1.54) is 5.56 Å². The normalized spacial score (nSPS) is 12.3. The van der Waals surface area contributed by atoms with Gasteiger partial charge in [-0.1, -0.05) is 55.5 Å². The molecule has 2 nitrogen and oxygen atoms in total. The van der Waals surface area contributed by atoms with Crippen molar-refractivity contribution in [3.05, 3.63) is 65.7 Å². The first-order valence-corrected chi connectivity index (χ1v) is 6.69. The summed E-state index contributed by atoms with van der Waals surface area (Å²) in [6, 6.07) is 16.2. The van der Waals surface area contributed by atoms with E-state index in [1.807, 2.05) is 30.3 Å². The van der Waals surface area contributed by atoms with Gasteiger partial charge >= 0.3 is 0 Å². The van der Waals surface area contributed by atoms with Crippen LogP contribution in [0.2, 0.25) is 0 Å². The van der Waals surface area contributed by atoms with E-state index in [-0.39, 0.29) is 5.92 Å². The minimum absolute atomic E-state index is 0.274. The van der Waals surface area contributed by atoms with Gasteiger partial charge in [-0.05, 0) is 11.6 Å². The zero-order valence-electron chi connectivity index (χ0n) is 12.2. The SMILES string of the molecule is COc1ccc(C(C)/C=C/c2ccccc2)c(OC)c1. The first-order chi connectivity index (χ1) is 9.74. The number of allylic oxidation sites excluding steroid dienone is 1. The van der Waals surface area contributed by atoms with Crippen molar-refractivity contribution in [1.82, 2.24) is 0 Å². The maximum Gasteiger partial charge on any atom is 0.126 e. The lowest BCUT2D eigenvalue weighted by atomic mass is 9.98. The molecule has 20 heavy (non-hydrogen) atoms. The first-order valence-electron chi connectivity index (χ1n) is 6.69. The number of ether oxygens (including phenoxy) is 2. The molecule has 2 rings (SSSR count). The van der Waals surface area contributed by atoms with E-state index in [4.69, 9.17) is 9.47 Å². The van der Waals surface area contributed by atoms with Gasteiger partial charge in [0.25, 0.3) is 0 Å². The van der Waals surface area contributed by atoms with Crippen LogP contribution in [0.25, 0.3) is 6.08 Å². The summed E-state index contributed by atoms with van der Waals surface area (Å²) >= 11 is 0. The molecule has 2 aromatic rings. The molecule has 0 saturated carbocycles. The number of hydrogen-bond donors (Lipinski definition) is 0. The summed E-state index contributed by atoms with van der Waals surface area (Å²) in [4.78, 5) is 0. The summed E-state index contributed by atoms with van der Waals surface area (Å²) in [7, 11) is 3.35. The highest BCUT2D eigenvalue weighted by Crippen LogP contribution is 2.31. The van der Waals surface area contributed by atoms with Gasteiger partial charge in [0.05, 0.1) is 14.2 Å². The molecule has 1 unspecified atom stereocenters. The molecule has 0 N–H and O–H groups in total. The average Bonchev–Trinajstić information content (AvgIpc) is 2.52. The molecule has 0 aliphatic carbocycles. The van der Waals surface area contributed by atoms with Crippen LogP contribution >= 0.6 is 0 Å². The van der Waals surface area contributed by atoms with E-state index in [2.05, 4.69) is 37.3 Å². The van der Waals surface area contributed by atoms with Gasteiger partial charge in [-0.15, -0.1) is 0 Å². The second kappa shape index (κ2) is 6.80. The number of methoxy groups -OCH3 is 2. The zero-order valence-corrected chi connectivity index (χ0v) is 12.2. The third kappa shape index (κ3) is 3.41. The van der Waals surface area contributed by atoms with Gasteiger partial charge < -0.3 is 9.47 Å². The fraction of sp³-hybridized carbons (Fsp3) is 0.222. The predicted molar refractivity (Wildman–Crippen MR) is 83.4 cm³/mol. The number of benzene rings is 2. The third-order valence-corrected chi connectivity index (χ3v) is 3.31. The molecule has 0 bridgehead atoms. The Balaban J connectivity index is 2.20. The van der Waals surface area contributed by atoms with Gasteiger partial charge in [0, 0.05) is 17.5 Å². The molecule has 0 aliphatic rings. The Labute approximate surface area is 120 Å². The van der Waals surface area contributed by atoms with E-state index >= 15 is 0 Å². The molecule has 0 spiro atoms. The van der Waals surface area contributed by atoms with E-state index in [0.717, 1.165) is 17.1 Å². The van der Waals surface area contributed by atoms with E-state index in [1.54, 1.807) is 14.2 Å². The van der Waals surface area contributed by atoms with Gasteiger partial charge in [-0.2, -0.15) is 0 Å². The Hall–Kier alpha value is -2.22. The van der Waals surface area contributed by atoms with Crippen LogP contribution in [-0.2, 0) is 0 Å². The highest BCUT2D eigenvalue weighted by atomic mass is 16.5. The zero-order chi connectivity index (χ0) is 14.4. The summed E-state index contributed by atoms with van der Waals surface area (Å²) in [6.45, 7) is 2.16. The minimum atomic E-state index is 0.274. The van der Waals surface area contributed by atoms with Crippen molar-refractivity contribution in [3.8, 4) is 11.5 Å². The summed E-state index contributed by atoms with van der Waals surface area (Å²) in [5.74, 6) is 1.94. The maximum absolute atomic E-state index is 5.45. The third-order valence-electron chi connectivity index (χ3n) is 3.31. The van der Waals surface area contributed by atoms with Crippen molar-refractivity contribution >= 4 is 6.08 Å². The van der Waals surface area contributed by atoms with Gasteiger partial charge in [-0.3, -0.25) is 0 Å². The van der Waals surface area contributed by atoms with Crippen LogP contribution in [0.5, 0.6) is 11.5 Å². The van der Waals surface area contributed by atoms with Gasteiger partial charge in [-0.25, -0.2) is 0 Å². The van der Waals surface area contributed by atoms with Gasteiger partial charge in [0.15, 0.2) is 0 Å². The van der Waals surface area contributed by atoms with Crippen molar-refractivity contribution < 1.29 is 9.47 Å². The fourth-order valence-corrected chi connectivity index (χ4v) is 2.12. The smallest absolute Gasteiger partial charge is 0.126 e. The molecular weight excluding hydrogens is 248 g/mol. The van der Waals surface area contributed by atoms with Crippen LogP contribution in [0.15, 0.2) is 54.6 Å². The van der Waals surface area contributed by atoms with Crippen LogP contribution in [0.1, 0.15) is 24.0 Å². The predicted octanol–water partition coefficient (Wildman–Crippen LogP) is 4.52. The Morgan fingerprint density at radius 3 is 2.35 bits per heavy atom. The van der Waals surface area contributed by atoms with Gasteiger partial charge in [0.2, 0.25) is 0 Å². The molecule has 0 aliphatic heterocycles. The van der Waals surface area contributed by atoms with Gasteiger partial charge in [0.1, 0.15) is 11.5 Å². The molecular formula is C18H20O2. The molecule has 1 atom stereocenters. The topological polar surface area (TPSA) is 18.5 Å². The molecule has 104 valence electrons. The quantitative estimate of drug-likeness (QED) is 0.793. The van der Waals surface area contributed by atoms with Crippen molar-refractivity contribution in [1.29, 1.82) is 0 Å². The van der Waals surface area contributed by atoms with Crippen molar-refractivity contribution in [2.75, 3.05) is 14.2 Å². The Kier molecular flexibility index (Phi) is 4.83. The highest BCUT2D eigenvalue weighted by Gasteiger charge is 2.09. The maximum atomic E-state index is 5.45. The monoisotopic (exact) mass is 268 g/mol. The second-order valence-corrected chi connectivity index (χ2v) is 4.67. The molecule has 0 amide bonds. The molecule has 2 heteroatoms. The van der Waals surface area contributed by atoms with Crippen LogP contribution in [0, 0.1) is 0 Å². The van der Waals surface area contributed by atoms with E-state index < -0.39 is 0 Å². The fourth-order valence-electron chi connectivity index (χ4n) is 2.12. The summed E-state index contributed by atoms with van der Waals surface area (Å²) in [5.41, 5.74) is 2.35. The summed E-state index contributed by atoms with van der Waals surface area (Å²) in [6.07, 6.45) is 4.31. The van der Waals surface area contributed by atoms with Crippen LogP contribution in [0.4, 0.5) is 0 Å². The standard InChI is InChI=1S/C18H20O2/c1-14(9-10-15-7-5-4-6-8-15)17-12-11-16(19-2)13-18(17)20-3/h4-14H,1-3H3/b10-9+. The molecule has 0 aromatic heterocycles. The van der Waals surface area contributed by atoms with Crippen molar-refractivity contribution in [2.24, 2.45) is 0 Å². The largest absolute Gasteiger partial charge is 0.497 e. The summed E-state index contributed by atoms with van der Waals surface area (Å²) in [5, 5.41) is 0. The van der Waals surface area contributed by atoms with Crippen LogP contribution in [0.3, 0.4) is 0 Å². The highest BCUT2D eigenvalue weighted by molar-refractivity contribution is 5.52. The summed E-state index contributed by atoms with van der Waals surface area (Å²) < 4.78 is 10.7. The Morgan fingerprint density at radius 2 is 1.70 bits per heavy atom. The molecule has 2 aromatic carbocycles.